The van der Waals surface area contributed by atoms with E-state index in [0.717, 1.165) is 11.3 Å². The van der Waals surface area contributed by atoms with Crippen molar-refractivity contribution in [2.24, 2.45) is 0 Å². The molecule has 1 N–H and O–H groups in total. The van der Waals surface area contributed by atoms with E-state index in [-0.39, 0.29) is 17.9 Å². The minimum absolute atomic E-state index is 0.133. The number of hydrogen-bond acceptors (Lipinski definition) is 5. The third-order valence-electron chi connectivity index (χ3n) is 3.53. The number of pyridine rings is 1. The van der Waals surface area contributed by atoms with E-state index in [1.54, 1.807) is 23.2 Å². The fourth-order valence-electron chi connectivity index (χ4n) is 2.32. The molecule has 1 fully saturated rings. The Bertz CT molecular complexity index is 697. The molecule has 0 saturated carbocycles. The van der Waals surface area contributed by atoms with Gasteiger partial charge in [0.05, 0.1) is 24.1 Å². The van der Waals surface area contributed by atoms with Crippen LogP contribution in [0.1, 0.15) is 26.8 Å². The molecule has 2 aromatic rings. The van der Waals surface area contributed by atoms with Crippen molar-refractivity contribution in [3.8, 4) is 17.0 Å². The number of likely N-dealkylation sites (tertiary alicyclic amines) is 1. The van der Waals surface area contributed by atoms with Gasteiger partial charge in [0.2, 0.25) is 0 Å². The van der Waals surface area contributed by atoms with Crippen molar-refractivity contribution >= 4 is 6.09 Å². The predicted octanol–water partition coefficient (Wildman–Crippen LogP) is 2.44. The molecule has 1 saturated heterocycles. The van der Waals surface area contributed by atoms with Gasteiger partial charge < -0.3 is 14.7 Å². The maximum atomic E-state index is 11.9. The number of carbonyl (C=O) groups is 1. The summed E-state index contributed by atoms with van der Waals surface area (Å²) in [6, 6.07) is 3.48. The van der Waals surface area contributed by atoms with Crippen LogP contribution in [0.3, 0.4) is 0 Å². The van der Waals surface area contributed by atoms with Gasteiger partial charge in [0.1, 0.15) is 11.4 Å². The zero-order valence-corrected chi connectivity index (χ0v) is 13.4. The van der Waals surface area contributed by atoms with E-state index >= 15 is 0 Å². The van der Waals surface area contributed by atoms with Crippen LogP contribution in [0.5, 0.6) is 5.75 Å². The van der Waals surface area contributed by atoms with Gasteiger partial charge in [-0.1, -0.05) is 0 Å². The third kappa shape index (κ3) is 3.44. The van der Waals surface area contributed by atoms with Gasteiger partial charge in [-0.05, 0) is 32.9 Å². The fourth-order valence-corrected chi connectivity index (χ4v) is 2.32. The fraction of sp³-hybridized carbons (Fsp3) is 0.438. The summed E-state index contributed by atoms with van der Waals surface area (Å²) in [5, 5.41) is 13.6. The zero-order chi connectivity index (χ0) is 16.6. The van der Waals surface area contributed by atoms with Crippen LogP contribution in [0.2, 0.25) is 0 Å². The van der Waals surface area contributed by atoms with Crippen LogP contribution in [0.15, 0.2) is 30.7 Å². The second-order valence-electron chi connectivity index (χ2n) is 6.65. The van der Waals surface area contributed by atoms with Crippen LogP contribution < -0.4 is 0 Å². The highest BCUT2D eigenvalue weighted by molar-refractivity contribution is 5.69. The van der Waals surface area contributed by atoms with Crippen LogP contribution in [0, 0.1) is 0 Å². The lowest BCUT2D eigenvalue weighted by Crippen LogP contribution is -2.52. The molecule has 7 heteroatoms. The van der Waals surface area contributed by atoms with Crippen molar-refractivity contribution in [3.05, 3.63) is 30.7 Å². The zero-order valence-electron chi connectivity index (χ0n) is 13.4. The highest BCUT2D eigenvalue weighted by Crippen LogP contribution is 2.25. The lowest BCUT2D eigenvalue weighted by molar-refractivity contribution is -0.000381. The Hall–Kier alpha value is -2.57. The van der Waals surface area contributed by atoms with E-state index in [1.807, 2.05) is 31.6 Å². The van der Waals surface area contributed by atoms with Gasteiger partial charge in [0.15, 0.2) is 0 Å². The smallest absolute Gasteiger partial charge is 0.410 e. The lowest BCUT2D eigenvalue weighted by atomic mass is 10.1. The Morgan fingerprint density at radius 2 is 2.04 bits per heavy atom. The summed E-state index contributed by atoms with van der Waals surface area (Å²) in [4.78, 5) is 17.7. The minimum atomic E-state index is -0.481. The molecule has 1 amide bonds. The maximum absolute atomic E-state index is 11.9. The van der Waals surface area contributed by atoms with Gasteiger partial charge in [-0.15, -0.1) is 0 Å². The summed E-state index contributed by atoms with van der Waals surface area (Å²) in [5.74, 6) is 0.133. The van der Waals surface area contributed by atoms with E-state index in [1.165, 1.54) is 6.20 Å². The molecule has 0 unspecified atom stereocenters. The second kappa shape index (κ2) is 5.57. The average Bonchev–Trinajstić information content (AvgIpc) is 2.85. The van der Waals surface area contributed by atoms with Crippen LogP contribution >= 0.6 is 0 Å². The summed E-state index contributed by atoms with van der Waals surface area (Å²) >= 11 is 0. The number of carbonyl (C=O) groups excluding carboxylic acids is 1. The summed E-state index contributed by atoms with van der Waals surface area (Å²) < 4.78 is 7.17. The molecular formula is C16H20N4O3. The largest absolute Gasteiger partial charge is 0.506 e. The van der Waals surface area contributed by atoms with E-state index in [4.69, 9.17) is 4.74 Å². The minimum Gasteiger partial charge on any atom is -0.506 e. The van der Waals surface area contributed by atoms with Gasteiger partial charge >= 0.3 is 6.09 Å². The number of hydrogen-bond donors (Lipinski definition) is 1. The van der Waals surface area contributed by atoms with Gasteiger partial charge in [-0.2, -0.15) is 5.10 Å². The number of nitrogens with zero attached hydrogens (tertiary/aromatic N) is 4. The molecule has 0 aromatic carbocycles. The second-order valence-corrected chi connectivity index (χ2v) is 6.65. The Morgan fingerprint density at radius 3 is 2.65 bits per heavy atom. The van der Waals surface area contributed by atoms with E-state index in [2.05, 4.69) is 10.1 Å². The molecule has 23 heavy (non-hydrogen) atoms. The first-order valence-corrected chi connectivity index (χ1v) is 7.49. The highest BCUT2D eigenvalue weighted by atomic mass is 16.6. The summed E-state index contributed by atoms with van der Waals surface area (Å²) in [5.41, 5.74) is 1.14. The van der Waals surface area contributed by atoms with Gasteiger partial charge in [0.25, 0.3) is 0 Å². The third-order valence-corrected chi connectivity index (χ3v) is 3.53. The first-order valence-electron chi connectivity index (χ1n) is 7.49. The lowest BCUT2D eigenvalue weighted by Gasteiger charge is -2.39. The molecule has 0 atom stereocenters. The predicted molar refractivity (Wildman–Crippen MR) is 84.0 cm³/mol. The molecule has 3 heterocycles. The van der Waals surface area contributed by atoms with Crippen LogP contribution in [-0.4, -0.2) is 49.6 Å². The number of amides is 1. The first-order chi connectivity index (χ1) is 10.8. The summed E-state index contributed by atoms with van der Waals surface area (Å²) in [7, 11) is 0. The molecule has 1 aliphatic rings. The molecule has 122 valence electrons. The molecular weight excluding hydrogens is 296 g/mol. The van der Waals surface area contributed by atoms with Gasteiger partial charge in [-0.3, -0.25) is 9.67 Å². The van der Waals surface area contributed by atoms with Gasteiger partial charge in [-0.25, -0.2) is 4.79 Å². The number of rotatable bonds is 2. The summed E-state index contributed by atoms with van der Waals surface area (Å²) in [6.45, 7) is 6.73. The maximum Gasteiger partial charge on any atom is 0.410 e. The Morgan fingerprint density at radius 1 is 1.30 bits per heavy atom. The van der Waals surface area contributed by atoms with E-state index < -0.39 is 5.60 Å². The standard InChI is InChI=1S/C16H20N4O3/c1-16(2,3)23-15(22)19-9-12(10-19)20-8-11(6-18-20)14-5-4-13(21)7-17-14/h4-8,12,21H,9-10H2,1-3H3. The first kappa shape index (κ1) is 15.3. The van der Waals surface area contributed by atoms with E-state index in [0.29, 0.717) is 13.1 Å². The number of aromatic hydroxyl groups is 1. The normalized spacial score (nSPS) is 15.3. The quantitative estimate of drug-likeness (QED) is 0.920. The van der Waals surface area contributed by atoms with Crippen molar-refractivity contribution in [1.29, 1.82) is 0 Å². The highest BCUT2D eigenvalue weighted by Gasteiger charge is 2.35. The Kier molecular flexibility index (Phi) is 3.71. The number of aromatic nitrogens is 3. The molecule has 7 nitrogen and oxygen atoms in total. The molecule has 2 aromatic heterocycles. The van der Waals surface area contributed by atoms with Crippen LogP contribution in [0.25, 0.3) is 11.3 Å². The SMILES string of the molecule is CC(C)(C)OC(=O)N1CC(n2cc(-c3ccc(O)cn3)cn2)C1. The molecule has 0 bridgehead atoms. The molecule has 0 aliphatic carbocycles. The van der Waals surface area contributed by atoms with Crippen LogP contribution in [0.4, 0.5) is 4.79 Å². The molecule has 1 aliphatic heterocycles. The van der Waals surface area contributed by atoms with Crippen LogP contribution in [-0.2, 0) is 4.74 Å². The van der Waals surface area contributed by atoms with Crippen molar-refractivity contribution < 1.29 is 14.6 Å². The van der Waals surface area contributed by atoms with Crippen molar-refractivity contribution in [2.45, 2.75) is 32.4 Å². The van der Waals surface area contributed by atoms with Crippen molar-refractivity contribution in [2.75, 3.05) is 13.1 Å². The summed E-state index contributed by atoms with van der Waals surface area (Å²) in [6.07, 6.45) is 4.74. The Balaban J connectivity index is 1.61. The monoisotopic (exact) mass is 316 g/mol. The number of ether oxygens (including phenoxy) is 1. The molecule has 0 radical (unpaired) electrons. The van der Waals surface area contributed by atoms with E-state index in [9.17, 15) is 9.90 Å². The Labute approximate surface area is 134 Å². The topological polar surface area (TPSA) is 80.5 Å². The molecule has 3 rings (SSSR count). The molecule has 0 spiro atoms. The van der Waals surface area contributed by atoms with Gasteiger partial charge in [0, 0.05) is 24.8 Å². The average molecular weight is 316 g/mol. The van der Waals surface area contributed by atoms with Crippen molar-refractivity contribution in [1.82, 2.24) is 19.7 Å². The van der Waals surface area contributed by atoms with Crippen molar-refractivity contribution in [3.63, 3.8) is 0 Å².